The number of nitrogens with zero attached hydrogens (tertiary/aromatic N) is 3. The van der Waals surface area contributed by atoms with Gasteiger partial charge in [0.2, 0.25) is 0 Å². The van der Waals surface area contributed by atoms with Gasteiger partial charge in [-0.1, -0.05) is 31.9 Å². The van der Waals surface area contributed by atoms with Crippen LogP contribution in [0.25, 0.3) is 0 Å². The first-order valence-electron chi connectivity index (χ1n) is 7.18. The van der Waals surface area contributed by atoms with Gasteiger partial charge in [-0.15, -0.1) is 11.3 Å². The van der Waals surface area contributed by atoms with Gasteiger partial charge in [-0.3, -0.25) is 4.79 Å². The number of carbonyl (C=O) groups is 1. The first-order chi connectivity index (χ1) is 9.61. The standard InChI is InChI=1S/C15H23N3OS/c1-4-5-7-12-8-6-9-18(12)15(19)13-11-20-14(16-13)10-17(2)3/h6,8,11-12H,4-5,7,9-10H2,1-3H3. The molecule has 110 valence electrons. The van der Waals surface area contributed by atoms with Gasteiger partial charge in [-0.25, -0.2) is 4.98 Å². The number of hydrogen-bond acceptors (Lipinski definition) is 4. The van der Waals surface area contributed by atoms with E-state index in [1.165, 1.54) is 0 Å². The Morgan fingerprint density at radius 3 is 3.05 bits per heavy atom. The molecule has 1 aromatic heterocycles. The molecule has 0 aromatic carbocycles. The van der Waals surface area contributed by atoms with Crippen molar-refractivity contribution in [1.82, 2.24) is 14.8 Å². The first-order valence-corrected chi connectivity index (χ1v) is 8.06. The van der Waals surface area contributed by atoms with Gasteiger partial charge >= 0.3 is 0 Å². The van der Waals surface area contributed by atoms with Gasteiger partial charge in [0.25, 0.3) is 5.91 Å². The van der Waals surface area contributed by atoms with Crippen LogP contribution < -0.4 is 0 Å². The van der Waals surface area contributed by atoms with Crippen LogP contribution >= 0.6 is 11.3 Å². The average molecular weight is 293 g/mol. The molecule has 1 amide bonds. The Balaban J connectivity index is 2.01. The van der Waals surface area contributed by atoms with Gasteiger partial charge in [0.15, 0.2) is 0 Å². The van der Waals surface area contributed by atoms with Gasteiger partial charge in [0.05, 0.1) is 6.04 Å². The highest BCUT2D eigenvalue weighted by Crippen LogP contribution is 2.20. The second kappa shape index (κ2) is 6.99. The predicted molar refractivity (Wildman–Crippen MR) is 83.0 cm³/mol. The second-order valence-corrected chi connectivity index (χ2v) is 6.40. The van der Waals surface area contributed by atoms with Crippen LogP contribution in [0.4, 0.5) is 0 Å². The molecule has 1 aromatic rings. The monoisotopic (exact) mass is 293 g/mol. The number of rotatable bonds is 6. The molecular weight excluding hydrogens is 270 g/mol. The smallest absolute Gasteiger partial charge is 0.274 e. The van der Waals surface area contributed by atoms with Crippen LogP contribution in [-0.2, 0) is 6.54 Å². The van der Waals surface area contributed by atoms with Crippen LogP contribution in [0, 0.1) is 0 Å². The minimum absolute atomic E-state index is 0.0670. The average Bonchev–Trinajstić information content (AvgIpc) is 3.03. The van der Waals surface area contributed by atoms with Gasteiger partial charge in [-0.05, 0) is 20.5 Å². The lowest BCUT2D eigenvalue weighted by Crippen LogP contribution is -2.36. The SMILES string of the molecule is CCCCC1C=CCN1C(=O)c1csc(CN(C)C)n1. The van der Waals surface area contributed by atoms with Crippen molar-refractivity contribution >= 4 is 17.2 Å². The van der Waals surface area contributed by atoms with Gasteiger partial charge < -0.3 is 9.80 Å². The number of amides is 1. The lowest BCUT2D eigenvalue weighted by Gasteiger charge is -2.23. The molecule has 0 bridgehead atoms. The van der Waals surface area contributed by atoms with E-state index in [2.05, 4.69) is 29.0 Å². The van der Waals surface area contributed by atoms with E-state index in [1.807, 2.05) is 24.4 Å². The summed E-state index contributed by atoms with van der Waals surface area (Å²) in [6.45, 7) is 3.68. The Labute approximate surface area is 125 Å². The van der Waals surface area contributed by atoms with E-state index in [0.717, 1.165) is 30.8 Å². The zero-order valence-electron chi connectivity index (χ0n) is 12.5. The maximum Gasteiger partial charge on any atom is 0.274 e. The molecule has 0 spiro atoms. The molecule has 0 saturated heterocycles. The maximum atomic E-state index is 12.5. The van der Waals surface area contributed by atoms with Crippen molar-refractivity contribution in [3.63, 3.8) is 0 Å². The largest absolute Gasteiger partial charge is 0.327 e. The molecule has 4 nitrogen and oxygen atoms in total. The van der Waals surface area contributed by atoms with E-state index >= 15 is 0 Å². The van der Waals surface area contributed by atoms with Crippen LogP contribution in [0.2, 0.25) is 0 Å². The summed E-state index contributed by atoms with van der Waals surface area (Å²) < 4.78 is 0. The number of hydrogen-bond donors (Lipinski definition) is 0. The van der Waals surface area contributed by atoms with Crippen molar-refractivity contribution in [2.45, 2.75) is 38.8 Å². The maximum absolute atomic E-state index is 12.5. The summed E-state index contributed by atoms with van der Waals surface area (Å²) in [6.07, 6.45) is 7.61. The molecule has 0 radical (unpaired) electrons. The molecule has 20 heavy (non-hydrogen) atoms. The van der Waals surface area contributed by atoms with Gasteiger partial charge in [0, 0.05) is 18.5 Å². The molecule has 0 fully saturated rings. The quantitative estimate of drug-likeness (QED) is 0.757. The minimum atomic E-state index is 0.0670. The lowest BCUT2D eigenvalue weighted by atomic mass is 10.1. The van der Waals surface area contributed by atoms with Crippen molar-refractivity contribution in [2.75, 3.05) is 20.6 Å². The predicted octanol–water partition coefficient (Wildman–Crippen LogP) is 2.78. The third-order valence-corrected chi connectivity index (χ3v) is 4.23. The van der Waals surface area contributed by atoms with Crippen molar-refractivity contribution in [1.29, 1.82) is 0 Å². The van der Waals surface area contributed by atoms with Crippen LogP contribution in [0.5, 0.6) is 0 Å². The third kappa shape index (κ3) is 3.67. The highest BCUT2D eigenvalue weighted by atomic mass is 32.1. The summed E-state index contributed by atoms with van der Waals surface area (Å²) >= 11 is 1.56. The molecule has 2 heterocycles. The molecule has 0 N–H and O–H groups in total. The third-order valence-electron chi connectivity index (χ3n) is 3.40. The van der Waals surface area contributed by atoms with Crippen LogP contribution in [0.3, 0.4) is 0 Å². The fraction of sp³-hybridized carbons (Fsp3) is 0.600. The highest BCUT2D eigenvalue weighted by Gasteiger charge is 2.26. The summed E-state index contributed by atoms with van der Waals surface area (Å²) in [4.78, 5) is 21.0. The lowest BCUT2D eigenvalue weighted by molar-refractivity contribution is 0.0738. The van der Waals surface area contributed by atoms with Gasteiger partial charge in [0.1, 0.15) is 10.7 Å². The Hall–Kier alpha value is -1.20. The number of aromatic nitrogens is 1. The molecule has 1 aliphatic rings. The zero-order valence-corrected chi connectivity index (χ0v) is 13.3. The Morgan fingerprint density at radius 1 is 1.55 bits per heavy atom. The second-order valence-electron chi connectivity index (χ2n) is 5.46. The van der Waals surface area contributed by atoms with E-state index in [4.69, 9.17) is 0 Å². The topological polar surface area (TPSA) is 36.4 Å². The summed E-state index contributed by atoms with van der Waals surface area (Å²) in [7, 11) is 4.02. The molecule has 1 aliphatic heterocycles. The summed E-state index contributed by atoms with van der Waals surface area (Å²) in [6, 6.07) is 0.251. The Bertz CT molecular complexity index is 481. The summed E-state index contributed by atoms with van der Waals surface area (Å²) in [5.41, 5.74) is 0.594. The van der Waals surface area contributed by atoms with Crippen molar-refractivity contribution in [2.24, 2.45) is 0 Å². The van der Waals surface area contributed by atoms with E-state index in [0.29, 0.717) is 12.2 Å². The van der Waals surface area contributed by atoms with Crippen molar-refractivity contribution in [3.8, 4) is 0 Å². The highest BCUT2D eigenvalue weighted by molar-refractivity contribution is 7.09. The van der Waals surface area contributed by atoms with E-state index in [-0.39, 0.29) is 11.9 Å². The zero-order chi connectivity index (χ0) is 14.5. The minimum Gasteiger partial charge on any atom is -0.327 e. The normalized spacial score (nSPS) is 18.2. The van der Waals surface area contributed by atoms with E-state index in [1.54, 1.807) is 11.3 Å². The fourth-order valence-corrected chi connectivity index (χ4v) is 3.25. The number of unbranched alkanes of at least 4 members (excludes halogenated alkanes) is 1. The molecule has 0 saturated carbocycles. The molecule has 0 aliphatic carbocycles. The van der Waals surface area contributed by atoms with Crippen molar-refractivity contribution in [3.05, 3.63) is 28.2 Å². The van der Waals surface area contributed by atoms with E-state index < -0.39 is 0 Å². The Morgan fingerprint density at radius 2 is 2.35 bits per heavy atom. The number of carbonyl (C=O) groups excluding carboxylic acids is 1. The summed E-state index contributed by atoms with van der Waals surface area (Å²) in [5.74, 6) is 0.0670. The molecule has 1 unspecified atom stereocenters. The molecule has 1 atom stereocenters. The molecule has 2 rings (SSSR count). The number of thiazole rings is 1. The first kappa shape index (κ1) is 15.2. The summed E-state index contributed by atoms with van der Waals surface area (Å²) in [5, 5.41) is 2.88. The van der Waals surface area contributed by atoms with Gasteiger partial charge in [-0.2, -0.15) is 0 Å². The van der Waals surface area contributed by atoms with Crippen molar-refractivity contribution < 1.29 is 4.79 Å². The van der Waals surface area contributed by atoms with Crippen LogP contribution in [0.1, 0.15) is 41.7 Å². The fourth-order valence-electron chi connectivity index (χ4n) is 2.37. The van der Waals surface area contributed by atoms with E-state index in [9.17, 15) is 4.79 Å². The Kier molecular flexibility index (Phi) is 5.31. The van der Waals surface area contributed by atoms with Crippen LogP contribution in [0.15, 0.2) is 17.5 Å². The van der Waals surface area contributed by atoms with Crippen LogP contribution in [-0.4, -0.2) is 47.4 Å². The molecule has 5 heteroatoms. The molecular formula is C15H23N3OS.